The summed E-state index contributed by atoms with van der Waals surface area (Å²) in [5.74, 6) is -0.634. The monoisotopic (exact) mass is 481 g/mol. The first-order valence-corrected chi connectivity index (χ1v) is 12.5. The molecular formula is C25H27N3O5S. The largest absolute Gasteiger partial charge is 0.492 e. The van der Waals surface area contributed by atoms with Crippen LogP contribution < -0.4 is 10.5 Å². The van der Waals surface area contributed by atoms with Gasteiger partial charge in [-0.15, -0.1) is 0 Å². The molecule has 1 aliphatic heterocycles. The molecule has 0 amide bonds. The minimum absolute atomic E-state index is 0.0678. The number of sulfonamides is 1. The Kier molecular flexibility index (Phi) is 6.85. The summed E-state index contributed by atoms with van der Waals surface area (Å²) >= 11 is 0. The fraction of sp³-hybridized carbons (Fsp3) is 0.280. The van der Waals surface area contributed by atoms with Crippen molar-refractivity contribution < 1.29 is 23.1 Å². The SMILES string of the molecule is N=C(N)c1ccc(CCC(=O)O)c(OCC2CCCN2S(=O)(=O)c2ccc3ccccc3c2)c1. The Labute approximate surface area is 198 Å². The fourth-order valence-electron chi connectivity index (χ4n) is 4.25. The van der Waals surface area contributed by atoms with Gasteiger partial charge >= 0.3 is 5.97 Å². The third-order valence-corrected chi connectivity index (χ3v) is 8.02. The highest BCUT2D eigenvalue weighted by molar-refractivity contribution is 7.89. The van der Waals surface area contributed by atoms with E-state index in [0.717, 1.165) is 17.2 Å². The molecule has 0 radical (unpaired) electrons. The second kappa shape index (κ2) is 9.82. The molecule has 0 aliphatic carbocycles. The van der Waals surface area contributed by atoms with Gasteiger partial charge in [-0.1, -0.05) is 42.5 Å². The molecule has 4 N–H and O–H groups in total. The van der Waals surface area contributed by atoms with Crippen molar-refractivity contribution in [3.05, 3.63) is 71.8 Å². The van der Waals surface area contributed by atoms with Crippen molar-refractivity contribution in [1.82, 2.24) is 4.31 Å². The first kappa shape index (κ1) is 23.7. The van der Waals surface area contributed by atoms with Gasteiger partial charge in [-0.3, -0.25) is 10.2 Å². The third-order valence-electron chi connectivity index (χ3n) is 6.07. The summed E-state index contributed by atoms with van der Waals surface area (Å²) in [5.41, 5.74) is 6.74. The standard InChI is InChI=1S/C25H27N3O5S/c26-25(27)20-8-7-18(10-12-24(29)30)23(15-20)33-16-21-6-3-13-28(21)34(31,32)22-11-9-17-4-1-2-5-19(17)14-22/h1-2,4-5,7-9,11,14-15,21H,3,6,10,12-13,16H2,(H3,26,27)(H,29,30). The lowest BCUT2D eigenvalue weighted by atomic mass is 10.1. The number of nitrogens with zero attached hydrogens (tertiary/aromatic N) is 1. The maximum Gasteiger partial charge on any atom is 0.303 e. The number of hydrogen-bond donors (Lipinski definition) is 3. The van der Waals surface area contributed by atoms with Gasteiger partial charge < -0.3 is 15.6 Å². The smallest absolute Gasteiger partial charge is 0.303 e. The lowest BCUT2D eigenvalue weighted by Crippen LogP contribution is -2.39. The summed E-state index contributed by atoms with van der Waals surface area (Å²) in [7, 11) is -3.72. The van der Waals surface area contributed by atoms with Crippen molar-refractivity contribution >= 4 is 32.6 Å². The van der Waals surface area contributed by atoms with Crippen molar-refractivity contribution in [1.29, 1.82) is 5.41 Å². The number of amidine groups is 1. The van der Waals surface area contributed by atoms with Crippen molar-refractivity contribution in [2.75, 3.05) is 13.2 Å². The molecule has 0 saturated carbocycles. The molecule has 1 aliphatic rings. The van der Waals surface area contributed by atoms with E-state index in [-0.39, 0.29) is 36.2 Å². The Balaban J connectivity index is 1.55. The highest BCUT2D eigenvalue weighted by atomic mass is 32.2. The lowest BCUT2D eigenvalue weighted by molar-refractivity contribution is -0.136. The fourth-order valence-corrected chi connectivity index (χ4v) is 5.96. The number of carboxylic acid groups (broad SMARTS) is 1. The molecule has 1 atom stereocenters. The molecule has 0 bridgehead atoms. The molecule has 1 heterocycles. The number of aliphatic carboxylic acids is 1. The Morgan fingerprint density at radius 2 is 1.88 bits per heavy atom. The number of ether oxygens (including phenoxy) is 1. The van der Waals surface area contributed by atoms with Crippen LogP contribution in [-0.4, -0.2) is 48.8 Å². The minimum Gasteiger partial charge on any atom is -0.492 e. The first-order chi connectivity index (χ1) is 16.3. The topological polar surface area (TPSA) is 134 Å². The van der Waals surface area contributed by atoms with Gasteiger partial charge in [0.05, 0.1) is 10.9 Å². The van der Waals surface area contributed by atoms with E-state index in [2.05, 4.69) is 0 Å². The second-order valence-corrected chi connectivity index (χ2v) is 10.3. The molecule has 1 saturated heterocycles. The predicted molar refractivity (Wildman–Crippen MR) is 130 cm³/mol. The van der Waals surface area contributed by atoms with Crippen molar-refractivity contribution in [2.45, 2.75) is 36.6 Å². The number of nitrogens with two attached hydrogens (primary N) is 1. The van der Waals surface area contributed by atoms with E-state index >= 15 is 0 Å². The molecule has 34 heavy (non-hydrogen) atoms. The number of carboxylic acids is 1. The predicted octanol–water partition coefficient (Wildman–Crippen LogP) is 3.37. The minimum atomic E-state index is -3.72. The van der Waals surface area contributed by atoms with Gasteiger partial charge in [0, 0.05) is 18.5 Å². The number of benzene rings is 3. The molecule has 3 aromatic carbocycles. The Bertz CT molecular complexity index is 1340. The van der Waals surface area contributed by atoms with E-state index in [1.807, 2.05) is 30.3 Å². The molecule has 0 spiro atoms. The van der Waals surface area contributed by atoms with Crippen LogP contribution in [0, 0.1) is 5.41 Å². The van der Waals surface area contributed by atoms with Crippen molar-refractivity contribution in [3.8, 4) is 5.75 Å². The third kappa shape index (κ3) is 5.05. The van der Waals surface area contributed by atoms with Crippen LogP contribution in [0.2, 0.25) is 0 Å². The number of carbonyl (C=O) groups is 1. The zero-order valence-electron chi connectivity index (χ0n) is 18.6. The Morgan fingerprint density at radius 1 is 1.12 bits per heavy atom. The van der Waals surface area contributed by atoms with E-state index in [4.69, 9.17) is 21.0 Å². The van der Waals surface area contributed by atoms with Crippen LogP contribution in [0.4, 0.5) is 0 Å². The van der Waals surface area contributed by atoms with E-state index in [0.29, 0.717) is 29.8 Å². The number of nitrogen functional groups attached to an aromatic ring is 1. The van der Waals surface area contributed by atoms with Crippen LogP contribution in [0.15, 0.2) is 65.6 Å². The molecule has 8 nitrogen and oxygen atoms in total. The number of nitrogens with one attached hydrogen (secondary N) is 1. The van der Waals surface area contributed by atoms with Gasteiger partial charge in [-0.2, -0.15) is 4.31 Å². The van der Waals surface area contributed by atoms with Gasteiger partial charge in [-0.05, 0) is 53.8 Å². The van der Waals surface area contributed by atoms with Gasteiger partial charge in [0.2, 0.25) is 10.0 Å². The summed E-state index contributed by atoms with van der Waals surface area (Å²) in [6.07, 6.45) is 1.57. The Morgan fingerprint density at radius 3 is 2.62 bits per heavy atom. The summed E-state index contributed by atoms with van der Waals surface area (Å²) < 4.78 is 34.4. The number of aryl methyl sites for hydroxylation is 1. The van der Waals surface area contributed by atoms with Crippen molar-refractivity contribution in [3.63, 3.8) is 0 Å². The molecule has 9 heteroatoms. The molecule has 3 aromatic rings. The van der Waals surface area contributed by atoms with Gasteiger partial charge in [0.1, 0.15) is 18.2 Å². The van der Waals surface area contributed by atoms with Gasteiger partial charge in [0.25, 0.3) is 0 Å². The molecule has 4 rings (SSSR count). The van der Waals surface area contributed by atoms with Crippen LogP contribution in [0.5, 0.6) is 5.75 Å². The molecule has 1 fully saturated rings. The maximum absolute atomic E-state index is 13.4. The van der Waals surface area contributed by atoms with Crippen LogP contribution in [0.25, 0.3) is 10.8 Å². The summed E-state index contributed by atoms with van der Waals surface area (Å²) in [6.45, 7) is 0.525. The Hall–Kier alpha value is -3.43. The number of hydrogen-bond acceptors (Lipinski definition) is 5. The normalized spacial score (nSPS) is 16.5. The first-order valence-electron chi connectivity index (χ1n) is 11.1. The highest BCUT2D eigenvalue weighted by Gasteiger charge is 2.36. The molecular weight excluding hydrogens is 454 g/mol. The van der Waals surface area contributed by atoms with Gasteiger partial charge in [-0.25, -0.2) is 8.42 Å². The number of fused-ring (bicyclic) bond motifs is 1. The van der Waals surface area contributed by atoms with Crippen molar-refractivity contribution in [2.24, 2.45) is 5.73 Å². The number of rotatable bonds is 9. The average Bonchev–Trinajstić information content (AvgIpc) is 3.30. The molecule has 1 unspecified atom stereocenters. The molecule has 0 aromatic heterocycles. The summed E-state index contributed by atoms with van der Waals surface area (Å²) in [5, 5.41) is 18.6. The molecule has 178 valence electrons. The maximum atomic E-state index is 13.4. The highest BCUT2D eigenvalue weighted by Crippen LogP contribution is 2.30. The van der Waals surface area contributed by atoms with E-state index in [1.54, 1.807) is 30.3 Å². The second-order valence-electron chi connectivity index (χ2n) is 8.36. The van der Waals surface area contributed by atoms with E-state index in [1.165, 1.54) is 4.31 Å². The van der Waals surface area contributed by atoms with Crippen LogP contribution in [-0.2, 0) is 21.2 Å². The zero-order chi connectivity index (χ0) is 24.3. The van der Waals surface area contributed by atoms with E-state index in [9.17, 15) is 13.2 Å². The van der Waals surface area contributed by atoms with E-state index < -0.39 is 16.0 Å². The zero-order valence-corrected chi connectivity index (χ0v) is 19.4. The van der Waals surface area contributed by atoms with Crippen LogP contribution >= 0.6 is 0 Å². The van der Waals surface area contributed by atoms with Gasteiger partial charge in [0.15, 0.2) is 0 Å². The summed E-state index contributed by atoms with van der Waals surface area (Å²) in [4.78, 5) is 11.3. The van der Waals surface area contributed by atoms with Crippen LogP contribution in [0.3, 0.4) is 0 Å². The van der Waals surface area contributed by atoms with Crippen LogP contribution in [0.1, 0.15) is 30.4 Å². The average molecular weight is 482 g/mol. The lowest BCUT2D eigenvalue weighted by Gasteiger charge is -2.25. The quantitative estimate of drug-likeness (QED) is 0.317. The summed E-state index contributed by atoms with van der Waals surface area (Å²) in [6, 6.07) is 17.4.